The number of rotatable bonds is 3. The molecule has 0 aliphatic rings. The van der Waals surface area contributed by atoms with E-state index in [1.54, 1.807) is 19.1 Å². The predicted molar refractivity (Wildman–Crippen MR) is 105 cm³/mol. The van der Waals surface area contributed by atoms with Gasteiger partial charge in [-0.1, -0.05) is 36.4 Å². The largest absolute Gasteiger partial charge is 0.325 e. The average molecular weight is 361 g/mol. The van der Waals surface area contributed by atoms with Gasteiger partial charge < -0.3 is 4.57 Å². The summed E-state index contributed by atoms with van der Waals surface area (Å²) in [4.78, 5) is 18.0. The molecule has 4 aromatic rings. The van der Waals surface area contributed by atoms with Crippen LogP contribution in [0.25, 0.3) is 16.7 Å². The van der Waals surface area contributed by atoms with Gasteiger partial charge in [0.15, 0.2) is 0 Å². The van der Waals surface area contributed by atoms with Crippen molar-refractivity contribution < 1.29 is 4.39 Å². The third-order valence-corrected chi connectivity index (χ3v) is 5.06. The summed E-state index contributed by atoms with van der Waals surface area (Å²) in [5.41, 5.74) is 4.05. The maximum Gasteiger partial charge on any atom is 0.267 e. The van der Waals surface area contributed by atoms with Gasteiger partial charge in [-0.25, -0.2) is 9.37 Å². The SMILES string of the molecule is Cc1c(C)n(Cc2ccccc2)c2nc(C)n(-c3cccc(F)c3)c(=O)c12. The number of benzene rings is 2. The lowest BCUT2D eigenvalue weighted by Gasteiger charge is -2.12. The molecule has 0 aliphatic heterocycles. The molecule has 0 aliphatic carbocycles. The van der Waals surface area contributed by atoms with Crippen LogP contribution in [0, 0.1) is 26.6 Å². The van der Waals surface area contributed by atoms with Crippen molar-refractivity contribution in [3.8, 4) is 5.69 Å². The highest BCUT2D eigenvalue weighted by Crippen LogP contribution is 2.23. The second-order valence-corrected chi connectivity index (χ2v) is 6.76. The summed E-state index contributed by atoms with van der Waals surface area (Å²) in [6.07, 6.45) is 0. The summed E-state index contributed by atoms with van der Waals surface area (Å²) >= 11 is 0. The number of aromatic nitrogens is 3. The van der Waals surface area contributed by atoms with E-state index in [0.29, 0.717) is 29.1 Å². The van der Waals surface area contributed by atoms with Crippen molar-refractivity contribution in [2.75, 3.05) is 0 Å². The summed E-state index contributed by atoms with van der Waals surface area (Å²) < 4.78 is 17.2. The highest BCUT2D eigenvalue weighted by atomic mass is 19.1. The molecule has 0 saturated heterocycles. The Hall–Kier alpha value is -3.21. The zero-order valence-electron chi connectivity index (χ0n) is 15.5. The maximum absolute atomic E-state index is 13.7. The Morgan fingerprint density at radius 2 is 1.74 bits per heavy atom. The van der Waals surface area contributed by atoms with Crippen molar-refractivity contribution >= 4 is 11.0 Å². The molecule has 0 atom stereocenters. The van der Waals surface area contributed by atoms with E-state index in [2.05, 4.69) is 16.7 Å². The van der Waals surface area contributed by atoms with Crippen LogP contribution in [0.1, 0.15) is 22.6 Å². The molecular formula is C22H20FN3O. The number of nitrogens with zero attached hydrogens (tertiary/aromatic N) is 3. The molecule has 0 fully saturated rings. The Balaban J connectivity index is 1.97. The number of hydrogen-bond donors (Lipinski definition) is 0. The van der Waals surface area contributed by atoms with Gasteiger partial charge in [0.2, 0.25) is 0 Å². The molecule has 0 unspecified atom stereocenters. The molecule has 0 radical (unpaired) electrons. The molecule has 2 aromatic heterocycles. The number of fused-ring (bicyclic) bond motifs is 1. The van der Waals surface area contributed by atoms with Gasteiger partial charge >= 0.3 is 0 Å². The van der Waals surface area contributed by atoms with Crippen molar-refractivity contribution in [1.29, 1.82) is 0 Å². The van der Waals surface area contributed by atoms with E-state index < -0.39 is 0 Å². The molecule has 0 N–H and O–H groups in total. The standard InChI is InChI=1S/C22H20FN3O/c1-14-15(2)25(13-17-8-5-4-6-9-17)21-20(14)22(27)26(16(3)24-21)19-11-7-10-18(23)12-19/h4-12H,13H2,1-3H3. The van der Waals surface area contributed by atoms with E-state index >= 15 is 0 Å². The number of halogens is 1. The molecule has 136 valence electrons. The lowest BCUT2D eigenvalue weighted by atomic mass is 10.2. The number of aryl methyl sites for hydroxylation is 2. The predicted octanol–water partition coefficient (Wildman–Crippen LogP) is 4.30. The first kappa shape index (κ1) is 17.2. The van der Waals surface area contributed by atoms with E-state index in [9.17, 15) is 9.18 Å². The molecule has 2 aromatic carbocycles. The zero-order valence-corrected chi connectivity index (χ0v) is 15.5. The Kier molecular flexibility index (Phi) is 4.15. The van der Waals surface area contributed by atoms with Crippen LogP contribution in [-0.2, 0) is 6.54 Å². The molecule has 2 heterocycles. The maximum atomic E-state index is 13.7. The topological polar surface area (TPSA) is 39.8 Å². The zero-order chi connectivity index (χ0) is 19.1. The third kappa shape index (κ3) is 2.85. The fourth-order valence-electron chi connectivity index (χ4n) is 3.56. The van der Waals surface area contributed by atoms with Crippen molar-refractivity contribution in [2.24, 2.45) is 0 Å². The molecule has 27 heavy (non-hydrogen) atoms. The lowest BCUT2D eigenvalue weighted by Crippen LogP contribution is -2.23. The van der Waals surface area contributed by atoms with Crippen molar-refractivity contribution in [1.82, 2.24) is 14.1 Å². The van der Waals surface area contributed by atoms with Gasteiger partial charge in [0.05, 0.1) is 11.1 Å². The molecule has 0 amide bonds. The van der Waals surface area contributed by atoms with Crippen LogP contribution in [-0.4, -0.2) is 14.1 Å². The van der Waals surface area contributed by atoms with E-state index in [-0.39, 0.29) is 11.4 Å². The minimum atomic E-state index is -0.381. The first-order chi connectivity index (χ1) is 13.0. The fourth-order valence-corrected chi connectivity index (χ4v) is 3.56. The van der Waals surface area contributed by atoms with E-state index in [1.807, 2.05) is 32.0 Å². The monoisotopic (exact) mass is 361 g/mol. The lowest BCUT2D eigenvalue weighted by molar-refractivity contribution is 0.626. The summed E-state index contributed by atoms with van der Waals surface area (Å²) in [7, 11) is 0. The Morgan fingerprint density at radius 1 is 1.00 bits per heavy atom. The van der Waals surface area contributed by atoms with E-state index in [1.165, 1.54) is 16.7 Å². The van der Waals surface area contributed by atoms with Crippen LogP contribution in [0.3, 0.4) is 0 Å². The second kappa shape index (κ2) is 6.50. The van der Waals surface area contributed by atoms with Crippen molar-refractivity contribution in [2.45, 2.75) is 27.3 Å². The minimum Gasteiger partial charge on any atom is -0.325 e. The van der Waals surface area contributed by atoms with Crippen molar-refractivity contribution in [3.63, 3.8) is 0 Å². The van der Waals surface area contributed by atoms with E-state index in [4.69, 9.17) is 4.98 Å². The van der Waals surface area contributed by atoms with Crippen LogP contribution in [0.4, 0.5) is 4.39 Å². The summed E-state index contributed by atoms with van der Waals surface area (Å²) in [6, 6.07) is 16.1. The molecule has 0 saturated carbocycles. The minimum absolute atomic E-state index is 0.171. The fraction of sp³-hybridized carbons (Fsp3) is 0.182. The summed E-state index contributed by atoms with van der Waals surface area (Å²) in [6.45, 7) is 6.36. The molecule has 0 spiro atoms. The van der Waals surface area contributed by atoms with Gasteiger partial charge in [-0.2, -0.15) is 0 Å². The smallest absolute Gasteiger partial charge is 0.267 e. The molecule has 4 rings (SSSR count). The van der Waals surface area contributed by atoms with Gasteiger partial charge in [-0.05, 0) is 50.1 Å². The molecule has 5 heteroatoms. The summed E-state index contributed by atoms with van der Waals surface area (Å²) in [5, 5.41) is 0.582. The van der Waals surface area contributed by atoms with E-state index in [0.717, 1.165) is 16.8 Å². The quantitative estimate of drug-likeness (QED) is 0.546. The highest BCUT2D eigenvalue weighted by molar-refractivity contribution is 5.81. The first-order valence-corrected chi connectivity index (χ1v) is 8.86. The Morgan fingerprint density at radius 3 is 2.44 bits per heavy atom. The van der Waals surface area contributed by atoms with Gasteiger partial charge in [-0.3, -0.25) is 9.36 Å². The molecule has 4 nitrogen and oxygen atoms in total. The first-order valence-electron chi connectivity index (χ1n) is 8.86. The average Bonchev–Trinajstić information content (AvgIpc) is 2.87. The van der Waals surface area contributed by atoms with Crippen LogP contribution in [0.5, 0.6) is 0 Å². The second-order valence-electron chi connectivity index (χ2n) is 6.76. The highest BCUT2D eigenvalue weighted by Gasteiger charge is 2.19. The normalized spacial score (nSPS) is 11.3. The van der Waals surface area contributed by atoms with Crippen LogP contribution in [0.15, 0.2) is 59.4 Å². The summed E-state index contributed by atoms with van der Waals surface area (Å²) in [5.74, 6) is 0.151. The van der Waals surface area contributed by atoms with Gasteiger partial charge in [0.1, 0.15) is 17.3 Å². The number of hydrogen-bond acceptors (Lipinski definition) is 2. The van der Waals surface area contributed by atoms with Gasteiger partial charge in [0, 0.05) is 12.2 Å². The molecular weight excluding hydrogens is 341 g/mol. The van der Waals surface area contributed by atoms with Gasteiger partial charge in [0.25, 0.3) is 5.56 Å². The third-order valence-electron chi connectivity index (χ3n) is 5.06. The van der Waals surface area contributed by atoms with Crippen LogP contribution < -0.4 is 5.56 Å². The van der Waals surface area contributed by atoms with Crippen LogP contribution >= 0.6 is 0 Å². The van der Waals surface area contributed by atoms with Crippen molar-refractivity contribution in [3.05, 3.63) is 93.4 Å². The Bertz CT molecular complexity index is 1210. The van der Waals surface area contributed by atoms with Gasteiger partial charge in [-0.15, -0.1) is 0 Å². The Labute approximate surface area is 156 Å². The molecule has 0 bridgehead atoms. The van der Waals surface area contributed by atoms with Crippen LogP contribution in [0.2, 0.25) is 0 Å².